The molecule has 0 bridgehead atoms. The molecule has 0 aliphatic carbocycles. The highest BCUT2D eigenvalue weighted by Gasteiger charge is 2.19. The van der Waals surface area contributed by atoms with Crippen molar-refractivity contribution in [3.05, 3.63) is 0 Å². The molecule has 110 valence electrons. The van der Waals surface area contributed by atoms with Crippen LogP contribution in [0.15, 0.2) is 0 Å². The minimum absolute atomic E-state index is 0.000815. The van der Waals surface area contributed by atoms with Gasteiger partial charge in [-0.1, -0.05) is 0 Å². The summed E-state index contributed by atoms with van der Waals surface area (Å²) in [6.45, 7) is 5.37. The quantitative estimate of drug-likeness (QED) is 0.702. The lowest BCUT2D eigenvalue weighted by molar-refractivity contribution is -0.137. The fourth-order valence-corrected chi connectivity index (χ4v) is 1.94. The number of hydrogen-bond acceptors (Lipinski definition) is 4. The summed E-state index contributed by atoms with van der Waals surface area (Å²) >= 11 is 0. The Bertz CT molecular complexity index is 311. The van der Waals surface area contributed by atoms with E-state index in [1.807, 2.05) is 14.0 Å². The van der Waals surface area contributed by atoms with Crippen molar-refractivity contribution in [2.75, 3.05) is 46.4 Å². The van der Waals surface area contributed by atoms with Crippen LogP contribution in [0.2, 0.25) is 0 Å². The molecule has 0 saturated carbocycles. The van der Waals surface area contributed by atoms with Crippen molar-refractivity contribution in [3.63, 3.8) is 0 Å². The highest BCUT2D eigenvalue weighted by atomic mass is 16.5. The molecule has 1 aliphatic rings. The molecule has 7 nitrogen and oxygen atoms in total. The lowest BCUT2D eigenvalue weighted by atomic mass is 10.3. The van der Waals surface area contributed by atoms with Crippen LogP contribution in [-0.2, 0) is 9.53 Å². The maximum Gasteiger partial charge on any atom is 0.317 e. The van der Waals surface area contributed by atoms with Crippen molar-refractivity contribution in [1.29, 1.82) is 0 Å². The molecule has 2 amide bonds. The average Bonchev–Trinajstić information content (AvgIpc) is 2.37. The van der Waals surface area contributed by atoms with E-state index in [9.17, 15) is 9.59 Å². The Morgan fingerprint density at radius 1 is 1.53 bits per heavy atom. The van der Waals surface area contributed by atoms with Crippen LogP contribution in [0.1, 0.15) is 13.3 Å². The topological polar surface area (TPSA) is 82.1 Å². The number of nitrogens with one attached hydrogen (secondary N) is 1. The number of carboxylic acid groups (broad SMARTS) is 1. The zero-order chi connectivity index (χ0) is 14.3. The number of likely N-dealkylation sites (N-methyl/N-ethyl adjacent to an activating group) is 1. The van der Waals surface area contributed by atoms with E-state index in [4.69, 9.17) is 9.84 Å². The van der Waals surface area contributed by atoms with Crippen molar-refractivity contribution in [2.24, 2.45) is 0 Å². The highest BCUT2D eigenvalue weighted by Crippen LogP contribution is 2.02. The number of urea groups is 1. The van der Waals surface area contributed by atoms with E-state index in [-0.39, 0.29) is 25.1 Å². The number of hydrogen-bond donors (Lipinski definition) is 2. The molecular weight excluding hydrogens is 250 g/mol. The smallest absolute Gasteiger partial charge is 0.317 e. The molecule has 1 heterocycles. The third-order valence-electron chi connectivity index (χ3n) is 3.09. The van der Waals surface area contributed by atoms with Gasteiger partial charge >= 0.3 is 12.0 Å². The first-order valence-corrected chi connectivity index (χ1v) is 6.57. The van der Waals surface area contributed by atoms with Gasteiger partial charge in [0.2, 0.25) is 0 Å². The summed E-state index contributed by atoms with van der Waals surface area (Å²) in [4.78, 5) is 26.0. The minimum atomic E-state index is -0.900. The molecule has 1 saturated heterocycles. The number of ether oxygens (including phenoxy) is 1. The standard InChI is InChI=1S/C12H23N3O4/c1-3-15(5-4-11(16)17)12(18)13-8-10-9-14(2)6-7-19-10/h10H,3-9H2,1-2H3,(H,13,18)(H,16,17). The number of morpholine rings is 1. The van der Waals surface area contributed by atoms with Crippen molar-refractivity contribution in [2.45, 2.75) is 19.4 Å². The Morgan fingerprint density at radius 3 is 2.84 bits per heavy atom. The normalized spacial score (nSPS) is 20.0. The van der Waals surface area contributed by atoms with Gasteiger partial charge in [0.25, 0.3) is 0 Å². The van der Waals surface area contributed by atoms with Crippen LogP contribution in [0, 0.1) is 0 Å². The van der Waals surface area contributed by atoms with Crippen molar-refractivity contribution in [3.8, 4) is 0 Å². The summed E-state index contributed by atoms with van der Waals surface area (Å²) in [7, 11) is 2.02. The van der Waals surface area contributed by atoms with Crippen molar-refractivity contribution < 1.29 is 19.4 Å². The first-order valence-electron chi connectivity index (χ1n) is 6.57. The van der Waals surface area contributed by atoms with Crippen LogP contribution in [0.4, 0.5) is 4.79 Å². The van der Waals surface area contributed by atoms with E-state index in [0.717, 1.165) is 13.1 Å². The van der Waals surface area contributed by atoms with Crippen molar-refractivity contribution >= 4 is 12.0 Å². The van der Waals surface area contributed by atoms with E-state index in [1.54, 1.807) is 0 Å². The fourth-order valence-electron chi connectivity index (χ4n) is 1.94. The van der Waals surface area contributed by atoms with Crippen LogP contribution in [0.25, 0.3) is 0 Å². The molecule has 0 aromatic carbocycles. The number of carbonyl (C=O) groups is 2. The Morgan fingerprint density at radius 2 is 2.26 bits per heavy atom. The van der Waals surface area contributed by atoms with Gasteiger partial charge in [0.05, 0.1) is 19.1 Å². The van der Waals surface area contributed by atoms with E-state index in [0.29, 0.717) is 19.7 Å². The van der Waals surface area contributed by atoms with Crippen LogP contribution in [-0.4, -0.2) is 79.4 Å². The Balaban J connectivity index is 2.29. The van der Waals surface area contributed by atoms with Gasteiger partial charge in [0, 0.05) is 32.7 Å². The second-order valence-corrected chi connectivity index (χ2v) is 4.66. The predicted octanol–water partition coefficient (Wildman–Crippen LogP) is -0.177. The van der Waals surface area contributed by atoms with Gasteiger partial charge in [-0.15, -0.1) is 0 Å². The molecule has 1 atom stereocenters. The van der Waals surface area contributed by atoms with Crippen molar-refractivity contribution in [1.82, 2.24) is 15.1 Å². The predicted molar refractivity (Wildman–Crippen MR) is 70.1 cm³/mol. The summed E-state index contributed by atoms with van der Waals surface area (Å²) in [5.74, 6) is -0.900. The molecule has 7 heteroatoms. The zero-order valence-electron chi connectivity index (χ0n) is 11.6. The number of carbonyl (C=O) groups excluding carboxylic acids is 1. The van der Waals surface area contributed by atoms with Gasteiger partial charge in [-0.3, -0.25) is 4.79 Å². The molecule has 1 aliphatic heterocycles. The molecule has 0 spiro atoms. The summed E-state index contributed by atoms with van der Waals surface area (Å²) in [5.41, 5.74) is 0. The third-order valence-corrected chi connectivity index (χ3v) is 3.09. The van der Waals surface area contributed by atoms with Crippen LogP contribution in [0.5, 0.6) is 0 Å². The number of carboxylic acids is 1. The van der Waals surface area contributed by atoms with E-state index < -0.39 is 5.97 Å². The first-order chi connectivity index (χ1) is 9.02. The Kier molecular flexibility index (Phi) is 6.58. The van der Waals surface area contributed by atoms with Gasteiger partial charge in [-0.25, -0.2) is 4.79 Å². The summed E-state index contributed by atoms with van der Waals surface area (Å²) < 4.78 is 5.54. The van der Waals surface area contributed by atoms with Gasteiger partial charge in [0.15, 0.2) is 0 Å². The number of rotatable bonds is 6. The molecule has 0 aromatic heterocycles. The molecule has 0 radical (unpaired) electrons. The van der Waals surface area contributed by atoms with Gasteiger partial charge in [-0.2, -0.15) is 0 Å². The molecular formula is C12H23N3O4. The Hall–Kier alpha value is -1.34. The molecule has 19 heavy (non-hydrogen) atoms. The SMILES string of the molecule is CCN(CCC(=O)O)C(=O)NCC1CN(C)CCO1. The lowest BCUT2D eigenvalue weighted by Crippen LogP contribution is -2.49. The fraction of sp³-hybridized carbons (Fsp3) is 0.833. The summed E-state index contributed by atoms with van der Waals surface area (Å²) in [5, 5.41) is 11.4. The Labute approximate surface area is 113 Å². The number of aliphatic carboxylic acids is 1. The van der Waals surface area contributed by atoms with E-state index in [2.05, 4.69) is 10.2 Å². The third kappa shape index (κ3) is 5.89. The molecule has 1 unspecified atom stereocenters. The maximum atomic E-state index is 11.9. The van der Waals surface area contributed by atoms with Gasteiger partial charge in [-0.05, 0) is 14.0 Å². The molecule has 0 aromatic rings. The zero-order valence-corrected chi connectivity index (χ0v) is 11.6. The van der Waals surface area contributed by atoms with Gasteiger partial charge in [0.1, 0.15) is 0 Å². The second kappa shape index (κ2) is 7.96. The highest BCUT2D eigenvalue weighted by molar-refractivity contribution is 5.75. The number of amides is 2. The van der Waals surface area contributed by atoms with E-state index >= 15 is 0 Å². The summed E-state index contributed by atoms with van der Waals surface area (Å²) in [6.07, 6.45) is -0.0370. The van der Waals surface area contributed by atoms with Crippen LogP contribution >= 0.6 is 0 Å². The number of nitrogens with zero attached hydrogens (tertiary/aromatic N) is 2. The molecule has 1 fully saturated rings. The second-order valence-electron chi connectivity index (χ2n) is 4.66. The van der Waals surface area contributed by atoms with Crippen LogP contribution in [0.3, 0.4) is 0 Å². The van der Waals surface area contributed by atoms with E-state index in [1.165, 1.54) is 4.90 Å². The molecule has 2 N–H and O–H groups in total. The lowest BCUT2D eigenvalue weighted by Gasteiger charge is -2.30. The average molecular weight is 273 g/mol. The summed E-state index contributed by atoms with van der Waals surface area (Å²) in [6, 6.07) is -0.236. The van der Waals surface area contributed by atoms with Crippen LogP contribution < -0.4 is 5.32 Å². The van der Waals surface area contributed by atoms with Gasteiger partial charge < -0.3 is 25.0 Å². The largest absolute Gasteiger partial charge is 0.481 e. The first kappa shape index (κ1) is 15.7. The minimum Gasteiger partial charge on any atom is -0.481 e. The molecule has 1 rings (SSSR count). The maximum absolute atomic E-state index is 11.9. The monoisotopic (exact) mass is 273 g/mol.